The molecule has 180 valence electrons. The van der Waals surface area contributed by atoms with E-state index in [1.165, 1.54) is 4.90 Å². The first-order chi connectivity index (χ1) is 16.3. The molecular formula is C26H30N2O6. The number of nitrogens with zero attached hydrogens (tertiary/aromatic N) is 1. The van der Waals surface area contributed by atoms with Crippen LogP contribution in [-0.4, -0.2) is 64.4 Å². The van der Waals surface area contributed by atoms with Gasteiger partial charge in [-0.1, -0.05) is 61.9 Å². The Bertz CT molecular complexity index is 1030. The fourth-order valence-corrected chi connectivity index (χ4v) is 4.86. The second kappa shape index (κ2) is 9.85. The van der Waals surface area contributed by atoms with Gasteiger partial charge in [-0.15, -0.1) is 0 Å². The van der Waals surface area contributed by atoms with Crippen molar-refractivity contribution in [3.8, 4) is 11.1 Å². The van der Waals surface area contributed by atoms with Crippen LogP contribution in [0.2, 0.25) is 0 Å². The van der Waals surface area contributed by atoms with Crippen LogP contribution in [0.3, 0.4) is 0 Å². The van der Waals surface area contributed by atoms with Gasteiger partial charge in [0.25, 0.3) is 0 Å². The van der Waals surface area contributed by atoms with Gasteiger partial charge in [-0.25, -0.2) is 9.59 Å². The largest absolute Gasteiger partial charge is 0.479 e. The Morgan fingerprint density at radius 2 is 1.62 bits per heavy atom. The maximum absolute atomic E-state index is 13.0. The molecule has 2 aliphatic rings. The summed E-state index contributed by atoms with van der Waals surface area (Å²) in [6.45, 7) is 2.31. The Kier molecular flexibility index (Phi) is 6.88. The van der Waals surface area contributed by atoms with E-state index in [0.717, 1.165) is 22.3 Å². The van der Waals surface area contributed by atoms with Crippen LogP contribution in [0.4, 0.5) is 4.79 Å². The summed E-state index contributed by atoms with van der Waals surface area (Å²) in [5, 5.41) is 22.0. The Morgan fingerprint density at radius 3 is 2.15 bits per heavy atom. The lowest BCUT2D eigenvalue weighted by Crippen LogP contribution is -2.55. The number of fused-ring (bicyclic) bond motifs is 3. The number of nitrogens with one attached hydrogen (secondary N) is 1. The molecule has 4 rings (SSSR count). The molecule has 1 aliphatic carbocycles. The minimum atomic E-state index is -1.81. The van der Waals surface area contributed by atoms with Crippen LogP contribution in [0.5, 0.6) is 0 Å². The average molecular weight is 467 g/mol. The van der Waals surface area contributed by atoms with E-state index < -0.39 is 23.7 Å². The number of alkyl carbamates (subject to hydrolysis) is 1. The number of carbonyl (C=O) groups excluding carboxylic acids is 2. The third kappa shape index (κ3) is 4.63. The van der Waals surface area contributed by atoms with E-state index >= 15 is 0 Å². The molecule has 0 bridgehead atoms. The quantitative estimate of drug-likeness (QED) is 0.577. The van der Waals surface area contributed by atoms with Crippen molar-refractivity contribution < 1.29 is 29.3 Å². The summed E-state index contributed by atoms with van der Waals surface area (Å²) in [6.07, 6.45) is 0.360. The Hall–Kier alpha value is -3.39. The van der Waals surface area contributed by atoms with E-state index in [-0.39, 0.29) is 44.4 Å². The van der Waals surface area contributed by atoms with E-state index in [0.29, 0.717) is 12.8 Å². The highest BCUT2D eigenvalue weighted by atomic mass is 16.5. The molecule has 1 fully saturated rings. The molecule has 1 aliphatic heterocycles. The molecule has 0 unspecified atom stereocenters. The first-order valence-corrected chi connectivity index (χ1v) is 11.7. The van der Waals surface area contributed by atoms with Crippen molar-refractivity contribution in [2.45, 2.75) is 50.2 Å². The van der Waals surface area contributed by atoms with Gasteiger partial charge in [-0.2, -0.15) is 0 Å². The summed E-state index contributed by atoms with van der Waals surface area (Å²) in [7, 11) is 0. The summed E-state index contributed by atoms with van der Waals surface area (Å²) < 4.78 is 5.58. The molecule has 0 radical (unpaired) electrons. The van der Waals surface area contributed by atoms with Crippen LogP contribution in [0.25, 0.3) is 11.1 Å². The van der Waals surface area contributed by atoms with Gasteiger partial charge in [0.1, 0.15) is 12.6 Å². The molecule has 8 heteroatoms. The molecule has 2 aromatic rings. The number of aliphatic carboxylic acids is 1. The minimum Gasteiger partial charge on any atom is -0.479 e. The molecule has 8 nitrogen and oxygen atoms in total. The number of hydrogen-bond acceptors (Lipinski definition) is 5. The number of carbonyl (C=O) groups is 3. The second-order valence-corrected chi connectivity index (χ2v) is 8.97. The molecule has 0 saturated carbocycles. The van der Waals surface area contributed by atoms with Gasteiger partial charge in [0.15, 0.2) is 5.60 Å². The van der Waals surface area contributed by atoms with Crippen molar-refractivity contribution in [3.63, 3.8) is 0 Å². The highest BCUT2D eigenvalue weighted by Gasteiger charge is 2.41. The van der Waals surface area contributed by atoms with Crippen molar-refractivity contribution >= 4 is 18.0 Å². The van der Waals surface area contributed by atoms with Gasteiger partial charge in [-0.3, -0.25) is 4.79 Å². The number of likely N-dealkylation sites (tertiary alicyclic amines) is 1. The molecule has 2 aromatic carbocycles. The zero-order valence-corrected chi connectivity index (χ0v) is 19.2. The summed E-state index contributed by atoms with van der Waals surface area (Å²) in [5.74, 6) is -1.64. The number of rotatable bonds is 7. The Morgan fingerprint density at radius 1 is 1.06 bits per heavy atom. The van der Waals surface area contributed by atoms with E-state index in [9.17, 15) is 24.6 Å². The number of benzene rings is 2. The first kappa shape index (κ1) is 23.8. The molecule has 2 amide bonds. The summed E-state index contributed by atoms with van der Waals surface area (Å²) in [5.41, 5.74) is 2.68. The lowest BCUT2D eigenvalue weighted by molar-refractivity contribution is -0.165. The number of amides is 2. The van der Waals surface area contributed by atoms with Crippen molar-refractivity contribution in [2.24, 2.45) is 0 Å². The topological polar surface area (TPSA) is 116 Å². The lowest BCUT2D eigenvalue weighted by Gasteiger charge is -2.37. The summed E-state index contributed by atoms with van der Waals surface area (Å²) in [4.78, 5) is 38.4. The van der Waals surface area contributed by atoms with Crippen LogP contribution in [-0.2, 0) is 14.3 Å². The zero-order valence-electron chi connectivity index (χ0n) is 19.2. The molecule has 1 saturated heterocycles. The lowest BCUT2D eigenvalue weighted by atomic mass is 9.91. The van der Waals surface area contributed by atoms with Gasteiger partial charge in [0.05, 0.1) is 0 Å². The smallest absolute Gasteiger partial charge is 0.407 e. The van der Waals surface area contributed by atoms with Gasteiger partial charge < -0.3 is 25.2 Å². The predicted octanol–water partition coefficient (Wildman–Crippen LogP) is 3.13. The number of carboxylic acid groups (broad SMARTS) is 1. The van der Waals surface area contributed by atoms with E-state index in [1.54, 1.807) is 0 Å². The SMILES string of the molecule is CCC[C@H](NC(=O)OCC1c2ccccc2-c2ccccc21)C(=O)N1CCC(O)(C(=O)O)CC1. The Balaban J connectivity index is 1.38. The minimum absolute atomic E-state index is 0.0438. The third-order valence-electron chi connectivity index (χ3n) is 6.81. The molecular weight excluding hydrogens is 436 g/mol. The van der Waals surface area contributed by atoms with Gasteiger partial charge >= 0.3 is 12.1 Å². The number of aliphatic hydroxyl groups is 1. The van der Waals surface area contributed by atoms with Crippen LogP contribution in [0.1, 0.15) is 49.7 Å². The normalized spacial score (nSPS) is 17.4. The van der Waals surface area contributed by atoms with E-state index in [2.05, 4.69) is 17.4 Å². The number of ether oxygens (including phenoxy) is 1. The molecule has 34 heavy (non-hydrogen) atoms. The predicted molar refractivity (Wildman–Crippen MR) is 125 cm³/mol. The monoisotopic (exact) mass is 466 g/mol. The van der Waals surface area contributed by atoms with Crippen molar-refractivity contribution in [2.75, 3.05) is 19.7 Å². The highest BCUT2D eigenvalue weighted by molar-refractivity contribution is 5.86. The number of piperidine rings is 1. The highest BCUT2D eigenvalue weighted by Crippen LogP contribution is 2.44. The van der Waals surface area contributed by atoms with Crippen LogP contribution in [0.15, 0.2) is 48.5 Å². The molecule has 3 N–H and O–H groups in total. The van der Waals surface area contributed by atoms with Gasteiger partial charge in [0.2, 0.25) is 5.91 Å². The van der Waals surface area contributed by atoms with Gasteiger partial charge in [0, 0.05) is 31.8 Å². The maximum Gasteiger partial charge on any atom is 0.407 e. The fourth-order valence-electron chi connectivity index (χ4n) is 4.86. The molecule has 0 spiro atoms. The van der Waals surface area contributed by atoms with E-state index in [4.69, 9.17) is 4.74 Å². The molecule has 1 heterocycles. The standard InChI is InChI=1S/C26H30N2O6/c1-2-7-22(23(29)28-14-12-26(33,13-15-28)24(30)31)27-25(32)34-16-21-19-10-5-3-8-17(19)18-9-4-6-11-20(18)21/h3-6,8-11,21-22,33H,2,7,12-16H2,1H3,(H,27,32)(H,30,31)/t22-/m0/s1. The first-order valence-electron chi connectivity index (χ1n) is 11.7. The maximum atomic E-state index is 13.0. The Labute approximate surface area is 198 Å². The van der Waals surface area contributed by atoms with Crippen molar-refractivity contribution in [1.82, 2.24) is 10.2 Å². The van der Waals surface area contributed by atoms with Crippen LogP contribution >= 0.6 is 0 Å². The molecule has 0 aromatic heterocycles. The van der Waals surface area contributed by atoms with Gasteiger partial charge in [-0.05, 0) is 28.7 Å². The third-order valence-corrected chi connectivity index (χ3v) is 6.81. The zero-order chi connectivity index (χ0) is 24.3. The fraction of sp³-hybridized carbons (Fsp3) is 0.423. The van der Waals surface area contributed by atoms with Crippen molar-refractivity contribution in [3.05, 3.63) is 59.7 Å². The summed E-state index contributed by atoms with van der Waals surface area (Å²) in [6, 6.07) is 15.4. The average Bonchev–Trinajstić information content (AvgIpc) is 3.16. The van der Waals surface area contributed by atoms with Crippen LogP contribution in [0, 0.1) is 0 Å². The van der Waals surface area contributed by atoms with Crippen LogP contribution < -0.4 is 5.32 Å². The van der Waals surface area contributed by atoms with Crippen molar-refractivity contribution in [1.29, 1.82) is 0 Å². The second-order valence-electron chi connectivity index (χ2n) is 8.97. The summed E-state index contributed by atoms with van der Waals surface area (Å²) >= 11 is 0. The van der Waals surface area contributed by atoms with E-state index in [1.807, 2.05) is 43.3 Å². The number of hydrogen-bond donors (Lipinski definition) is 3. The number of carboxylic acids is 1. The molecule has 1 atom stereocenters.